The molecule has 0 bridgehead atoms. The standard InChI is InChI=1S/C15H14Cl2N4OS/c1-8-12(7-9-2-3-10(16)11(17)6-9)23-15(20-8)21-14(22)13-18-4-5-19-13/h2-3,6H,4-5,7H2,1H3,(H,18,19)(H,20,21,22). The second kappa shape index (κ2) is 6.86. The van der Waals surface area contributed by atoms with Gasteiger partial charge in [0.1, 0.15) is 0 Å². The number of amidine groups is 1. The molecule has 0 saturated carbocycles. The SMILES string of the molecule is Cc1nc(NC(=O)C2=NCCN2)sc1Cc1ccc(Cl)c(Cl)c1. The quantitative estimate of drug-likeness (QED) is 0.869. The number of aryl methyl sites for hydroxylation is 1. The third-order valence-corrected chi connectivity index (χ3v) is 5.16. The molecule has 1 aromatic heterocycles. The summed E-state index contributed by atoms with van der Waals surface area (Å²) >= 11 is 13.4. The molecule has 1 aliphatic rings. The number of carbonyl (C=O) groups is 1. The summed E-state index contributed by atoms with van der Waals surface area (Å²) < 4.78 is 0. The van der Waals surface area contributed by atoms with Crippen LogP contribution in [0.3, 0.4) is 0 Å². The molecule has 120 valence electrons. The number of rotatable bonds is 4. The number of carbonyl (C=O) groups excluding carboxylic acids is 1. The lowest BCUT2D eigenvalue weighted by Crippen LogP contribution is -2.32. The van der Waals surface area contributed by atoms with E-state index >= 15 is 0 Å². The van der Waals surface area contributed by atoms with Gasteiger partial charge in [-0.3, -0.25) is 15.1 Å². The Morgan fingerprint density at radius 2 is 2.22 bits per heavy atom. The zero-order valence-corrected chi connectivity index (χ0v) is 14.6. The Bertz CT molecular complexity index is 788. The van der Waals surface area contributed by atoms with Gasteiger partial charge in [-0.05, 0) is 24.6 Å². The number of thiazole rings is 1. The van der Waals surface area contributed by atoms with Crippen molar-refractivity contribution in [2.75, 3.05) is 18.4 Å². The molecule has 8 heteroatoms. The molecule has 0 radical (unpaired) electrons. The van der Waals surface area contributed by atoms with Crippen molar-refractivity contribution >= 4 is 51.4 Å². The number of amides is 1. The van der Waals surface area contributed by atoms with Crippen molar-refractivity contribution in [3.05, 3.63) is 44.4 Å². The molecule has 0 fully saturated rings. The molecule has 0 spiro atoms. The van der Waals surface area contributed by atoms with Gasteiger partial charge in [0.15, 0.2) is 11.0 Å². The molecular weight excluding hydrogens is 355 g/mol. The summed E-state index contributed by atoms with van der Waals surface area (Å²) in [6.07, 6.45) is 0.690. The first kappa shape index (κ1) is 16.2. The van der Waals surface area contributed by atoms with Crippen molar-refractivity contribution in [2.24, 2.45) is 4.99 Å². The summed E-state index contributed by atoms with van der Waals surface area (Å²) in [6.45, 7) is 3.24. The lowest BCUT2D eigenvalue weighted by molar-refractivity contribution is -0.110. The summed E-state index contributed by atoms with van der Waals surface area (Å²) in [5.41, 5.74) is 1.93. The molecule has 0 aliphatic carbocycles. The first-order valence-electron chi connectivity index (χ1n) is 7.03. The van der Waals surface area contributed by atoms with E-state index < -0.39 is 0 Å². The van der Waals surface area contributed by atoms with E-state index in [1.807, 2.05) is 19.1 Å². The van der Waals surface area contributed by atoms with Crippen LogP contribution >= 0.6 is 34.5 Å². The number of aromatic nitrogens is 1. The fourth-order valence-electron chi connectivity index (χ4n) is 2.19. The molecule has 0 unspecified atom stereocenters. The van der Waals surface area contributed by atoms with E-state index in [1.165, 1.54) is 11.3 Å². The van der Waals surface area contributed by atoms with E-state index in [0.717, 1.165) is 16.1 Å². The second-order valence-corrected chi connectivity index (χ2v) is 6.96. The van der Waals surface area contributed by atoms with Crippen LogP contribution in [0.4, 0.5) is 5.13 Å². The van der Waals surface area contributed by atoms with Gasteiger partial charge in [-0.25, -0.2) is 4.98 Å². The predicted octanol–water partition coefficient (Wildman–Crippen LogP) is 3.29. The Labute approximate surface area is 147 Å². The maximum absolute atomic E-state index is 12.0. The van der Waals surface area contributed by atoms with Crippen LogP contribution in [0.5, 0.6) is 0 Å². The number of nitrogens with zero attached hydrogens (tertiary/aromatic N) is 2. The molecule has 0 saturated heterocycles. The van der Waals surface area contributed by atoms with Crippen LogP contribution in [-0.4, -0.2) is 29.8 Å². The van der Waals surface area contributed by atoms with E-state index in [2.05, 4.69) is 20.6 Å². The van der Waals surface area contributed by atoms with E-state index in [9.17, 15) is 4.79 Å². The van der Waals surface area contributed by atoms with Crippen molar-refractivity contribution in [2.45, 2.75) is 13.3 Å². The number of hydrogen-bond donors (Lipinski definition) is 2. The Hall–Kier alpha value is -1.63. The number of aliphatic imine (C=N–C) groups is 1. The van der Waals surface area contributed by atoms with Crippen molar-refractivity contribution in [1.82, 2.24) is 10.3 Å². The van der Waals surface area contributed by atoms with Gasteiger partial charge in [-0.15, -0.1) is 11.3 Å². The lowest BCUT2D eigenvalue weighted by atomic mass is 10.1. The third kappa shape index (κ3) is 3.83. The molecular formula is C15H14Cl2N4OS. The van der Waals surface area contributed by atoms with Crippen molar-refractivity contribution in [3.63, 3.8) is 0 Å². The first-order valence-corrected chi connectivity index (χ1v) is 8.60. The van der Waals surface area contributed by atoms with Gasteiger partial charge in [0.2, 0.25) is 0 Å². The molecule has 2 aromatic rings. The molecule has 1 aliphatic heterocycles. The van der Waals surface area contributed by atoms with Crippen LogP contribution in [0.1, 0.15) is 16.1 Å². The monoisotopic (exact) mass is 368 g/mol. The summed E-state index contributed by atoms with van der Waals surface area (Å²) in [5.74, 6) is 0.112. The highest BCUT2D eigenvalue weighted by Gasteiger charge is 2.17. The molecule has 5 nitrogen and oxygen atoms in total. The maximum atomic E-state index is 12.0. The van der Waals surface area contributed by atoms with Crippen molar-refractivity contribution in [3.8, 4) is 0 Å². The molecule has 3 rings (SSSR count). The minimum atomic E-state index is -0.252. The van der Waals surface area contributed by atoms with Crippen LogP contribution in [0.15, 0.2) is 23.2 Å². The van der Waals surface area contributed by atoms with Gasteiger partial charge in [-0.2, -0.15) is 0 Å². The van der Waals surface area contributed by atoms with Gasteiger partial charge in [-0.1, -0.05) is 29.3 Å². The molecule has 1 aromatic carbocycles. The zero-order valence-electron chi connectivity index (χ0n) is 12.3. The summed E-state index contributed by atoms with van der Waals surface area (Å²) in [4.78, 5) is 21.6. The average molecular weight is 369 g/mol. The van der Waals surface area contributed by atoms with Gasteiger partial charge in [0.05, 0.1) is 22.3 Å². The molecule has 23 heavy (non-hydrogen) atoms. The highest BCUT2D eigenvalue weighted by atomic mass is 35.5. The highest BCUT2D eigenvalue weighted by Crippen LogP contribution is 2.28. The van der Waals surface area contributed by atoms with Crippen LogP contribution in [0, 0.1) is 6.92 Å². The number of nitrogens with one attached hydrogen (secondary N) is 2. The summed E-state index contributed by atoms with van der Waals surface area (Å²) in [7, 11) is 0. The normalized spacial score (nSPS) is 13.6. The van der Waals surface area contributed by atoms with Gasteiger partial charge in [0, 0.05) is 17.8 Å². The number of hydrogen-bond acceptors (Lipinski definition) is 5. The first-order chi connectivity index (χ1) is 11.0. The Kier molecular flexibility index (Phi) is 4.84. The third-order valence-electron chi connectivity index (χ3n) is 3.35. The van der Waals surface area contributed by atoms with Gasteiger partial charge in [0.25, 0.3) is 5.91 Å². The Balaban J connectivity index is 1.72. The number of benzene rings is 1. The van der Waals surface area contributed by atoms with E-state index in [-0.39, 0.29) is 5.91 Å². The maximum Gasteiger partial charge on any atom is 0.292 e. The number of halogens is 2. The van der Waals surface area contributed by atoms with E-state index in [1.54, 1.807) is 6.07 Å². The highest BCUT2D eigenvalue weighted by molar-refractivity contribution is 7.16. The topological polar surface area (TPSA) is 66.4 Å². The van der Waals surface area contributed by atoms with Crippen molar-refractivity contribution < 1.29 is 4.79 Å². The van der Waals surface area contributed by atoms with Crippen LogP contribution in [0.2, 0.25) is 10.0 Å². The molecule has 2 N–H and O–H groups in total. The molecule has 2 heterocycles. The van der Waals surface area contributed by atoms with Crippen LogP contribution in [-0.2, 0) is 11.2 Å². The minimum Gasteiger partial charge on any atom is -0.364 e. The average Bonchev–Trinajstić information content (AvgIpc) is 3.14. The van der Waals surface area contributed by atoms with E-state index in [4.69, 9.17) is 23.2 Å². The summed E-state index contributed by atoms with van der Waals surface area (Å²) in [5, 5.41) is 7.35. The lowest BCUT2D eigenvalue weighted by Gasteiger charge is -2.02. The zero-order chi connectivity index (χ0) is 16.4. The minimum absolute atomic E-state index is 0.252. The number of anilines is 1. The fraction of sp³-hybridized carbons (Fsp3) is 0.267. The smallest absolute Gasteiger partial charge is 0.292 e. The summed E-state index contributed by atoms with van der Waals surface area (Å²) in [6, 6.07) is 5.56. The Morgan fingerprint density at radius 1 is 1.39 bits per heavy atom. The molecule has 0 atom stereocenters. The predicted molar refractivity (Wildman–Crippen MR) is 95.1 cm³/mol. The van der Waals surface area contributed by atoms with Gasteiger partial charge < -0.3 is 5.32 Å². The fourth-order valence-corrected chi connectivity index (χ4v) is 3.50. The van der Waals surface area contributed by atoms with Gasteiger partial charge >= 0.3 is 0 Å². The second-order valence-electron chi connectivity index (χ2n) is 5.06. The van der Waals surface area contributed by atoms with Crippen LogP contribution in [0.25, 0.3) is 0 Å². The molecule has 1 amide bonds. The Morgan fingerprint density at radius 3 is 2.91 bits per heavy atom. The van der Waals surface area contributed by atoms with E-state index in [0.29, 0.717) is 40.5 Å². The van der Waals surface area contributed by atoms with Crippen LogP contribution < -0.4 is 10.6 Å². The largest absolute Gasteiger partial charge is 0.364 e. The van der Waals surface area contributed by atoms with Crippen molar-refractivity contribution in [1.29, 1.82) is 0 Å².